The molecule has 0 amide bonds. The monoisotopic (exact) mass is 316 g/mol. The second kappa shape index (κ2) is 7.51. The molecule has 1 aromatic rings. The SMILES string of the molecule is CCCC(c1nnnn1C(C)(C)C)N1CCN(C)CC1.Cl. The topological polar surface area (TPSA) is 50.1 Å². The molecule has 1 fully saturated rings. The van der Waals surface area contributed by atoms with Crippen LogP contribution in [0.3, 0.4) is 0 Å². The maximum absolute atomic E-state index is 4.34. The summed E-state index contributed by atoms with van der Waals surface area (Å²) in [6, 6.07) is 0.336. The van der Waals surface area contributed by atoms with Gasteiger partial charge in [0, 0.05) is 26.2 Å². The fourth-order valence-corrected chi connectivity index (χ4v) is 2.76. The third-order valence-electron chi connectivity index (χ3n) is 3.97. The number of halogens is 1. The van der Waals surface area contributed by atoms with Crippen LogP contribution in [-0.2, 0) is 5.54 Å². The first-order chi connectivity index (χ1) is 9.43. The highest BCUT2D eigenvalue weighted by atomic mass is 35.5. The van der Waals surface area contributed by atoms with Gasteiger partial charge in [-0.2, -0.15) is 0 Å². The Bertz CT molecular complexity index is 419. The Balaban J connectivity index is 0.00000220. The molecule has 0 N–H and O–H groups in total. The van der Waals surface area contributed by atoms with Crippen LogP contribution in [0, 0.1) is 0 Å². The predicted molar refractivity (Wildman–Crippen MR) is 86.8 cm³/mol. The van der Waals surface area contributed by atoms with E-state index in [0.717, 1.165) is 44.8 Å². The van der Waals surface area contributed by atoms with Crippen molar-refractivity contribution >= 4 is 12.4 Å². The minimum absolute atomic E-state index is 0. The zero-order valence-corrected chi connectivity index (χ0v) is 14.7. The summed E-state index contributed by atoms with van der Waals surface area (Å²) < 4.78 is 1.99. The number of rotatable bonds is 4. The van der Waals surface area contributed by atoms with Crippen LogP contribution in [0.25, 0.3) is 0 Å². The second-order valence-corrected chi connectivity index (χ2v) is 6.76. The van der Waals surface area contributed by atoms with Crippen molar-refractivity contribution in [3.05, 3.63) is 5.82 Å². The molecule has 1 aliphatic rings. The van der Waals surface area contributed by atoms with Gasteiger partial charge in [-0.25, -0.2) is 4.68 Å². The van der Waals surface area contributed by atoms with Gasteiger partial charge in [-0.05, 0) is 44.7 Å². The summed E-state index contributed by atoms with van der Waals surface area (Å²) in [5.74, 6) is 1.02. The van der Waals surface area contributed by atoms with Gasteiger partial charge >= 0.3 is 0 Å². The Kier molecular flexibility index (Phi) is 6.56. The summed E-state index contributed by atoms with van der Waals surface area (Å²) >= 11 is 0. The molecule has 21 heavy (non-hydrogen) atoms. The molecule has 0 saturated carbocycles. The summed E-state index contributed by atoms with van der Waals surface area (Å²) in [6.45, 7) is 13.1. The maximum atomic E-state index is 4.34. The first kappa shape index (κ1) is 18.3. The zero-order valence-electron chi connectivity index (χ0n) is 13.9. The van der Waals surface area contributed by atoms with Crippen molar-refractivity contribution in [1.82, 2.24) is 30.0 Å². The summed E-state index contributed by atoms with van der Waals surface area (Å²) in [4.78, 5) is 4.92. The fraction of sp³-hybridized carbons (Fsp3) is 0.929. The van der Waals surface area contributed by atoms with Gasteiger partial charge in [0.05, 0.1) is 11.6 Å². The average Bonchev–Trinajstić information content (AvgIpc) is 2.86. The van der Waals surface area contributed by atoms with Crippen LogP contribution < -0.4 is 0 Å². The van der Waals surface area contributed by atoms with E-state index in [-0.39, 0.29) is 17.9 Å². The molecule has 6 nitrogen and oxygen atoms in total. The van der Waals surface area contributed by atoms with E-state index in [0.29, 0.717) is 6.04 Å². The van der Waals surface area contributed by atoms with E-state index in [1.807, 2.05) is 4.68 Å². The fourth-order valence-electron chi connectivity index (χ4n) is 2.76. The van der Waals surface area contributed by atoms with E-state index in [2.05, 4.69) is 60.1 Å². The van der Waals surface area contributed by atoms with Crippen molar-refractivity contribution in [1.29, 1.82) is 0 Å². The van der Waals surface area contributed by atoms with Gasteiger partial charge in [-0.1, -0.05) is 13.3 Å². The molecule has 2 rings (SSSR count). The average molecular weight is 317 g/mol. The second-order valence-electron chi connectivity index (χ2n) is 6.76. The van der Waals surface area contributed by atoms with Crippen LogP contribution in [-0.4, -0.2) is 63.2 Å². The summed E-state index contributed by atoms with van der Waals surface area (Å²) in [5, 5.41) is 12.5. The van der Waals surface area contributed by atoms with E-state index in [1.165, 1.54) is 0 Å². The number of hydrogen-bond donors (Lipinski definition) is 0. The highest BCUT2D eigenvalue weighted by molar-refractivity contribution is 5.85. The third-order valence-corrected chi connectivity index (χ3v) is 3.97. The first-order valence-electron chi connectivity index (χ1n) is 7.65. The number of likely N-dealkylation sites (N-methyl/N-ethyl adjacent to an activating group) is 1. The number of tetrazole rings is 1. The van der Waals surface area contributed by atoms with E-state index in [4.69, 9.17) is 0 Å². The lowest BCUT2D eigenvalue weighted by atomic mass is 10.1. The molecule has 2 heterocycles. The molecule has 0 spiro atoms. The molecule has 122 valence electrons. The van der Waals surface area contributed by atoms with Crippen LogP contribution in [0.5, 0.6) is 0 Å². The molecule has 1 unspecified atom stereocenters. The molecule has 1 atom stereocenters. The van der Waals surface area contributed by atoms with Crippen molar-refractivity contribution in [2.24, 2.45) is 0 Å². The van der Waals surface area contributed by atoms with Gasteiger partial charge in [0.1, 0.15) is 0 Å². The molecule has 0 bridgehead atoms. The largest absolute Gasteiger partial charge is 0.304 e. The summed E-state index contributed by atoms with van der Waals surface area (Å²) in [7, 11) is 2.19. The zero-order chi connectivity index (χ0) is 14.8. The molecular formula is C14H29ClN6. The molecule has 0 aromatic carbocycles. The van der Waals surface area contributed by atoms with E-state index in [9.17, 15) is 0 Å². The molecule has 1 aromatic heterocycles. The number of piperazine rings is 1. The van der Waals surface area contributed by atoms with Crippen molar-refractivity contribution < 1.29 is 0 Å². The molecule has 0 aliphatic carbocycles. The number of aromatic nitrogens is 4. The van der Waals surface area contributed by atoms with Crippen LogP contribution in [0.15, 0.2) is 0 Å². The third kappa shape index (κ3) is 4.37. The smallest absolute Gasteiger partial charge is 0.168 e. The van der Waals surface area contributed by atoms with Gasteiger partial charge in [0.2, 0.25) is 0 Å². The predicted octanol–water partition coefficient (Wildman–Crippen LogP) is 1.94. The van der Waals surface area contributed by atoms with Crippen molar-refractivity contribution in [3.8, 4) is 0 Å². The van der Waals surface area contributed by atoms with Crippen LogP contribution in [0.1, 0.15) is 52.4 Å². The van der Waals surface area contributed by atoms with Gasteiger partial charge in [-0.3, -0.25) is 4.90 Å². The minimum Gasteiger partial charge on any atom is -0.304 e. The van der Waals surface area contributed by atoms with Gasteiger partial charge < -0.3 is 4.90 Å². The number of hydrogen-bond acceptors (Lipinski definition) is 5. The van der Waals surface area contributed by atoms with Crippen LogP contribution in [0.2, 0.25) is 0 Å². The Hall–Kier alpha value is -0.720. The lowest BCUT2D eigenvalue weighted by molar-refractivity contribution is 0.0963. The number of nitrogens with zero attached hydrogens (tertiary/aromatic N) is 6. The highest BCUT2D eigenvalue weighted by Gasteiger charge is 2.30. The maximum Gasteiger partial charge on any atom is 0.168 e. The van der Waals surface area contributed by atoms with Crippen molar-refractivity contribution in [2.75, 3.05) is 33.2 Å². The quantitative estimate of drug-likeness (QED) is 0.849. The van der Waals surface area contributed by atoms with E-state index in [1.54, 1.807) is 0 Å². The summed E-state index contributed by atoms with van der Waals surface area (Å²) in [6.07, 6.45) is 2.26. The lowest BCUT2D eigenvalue weighted by Crippen LogP contribution is -2.47. The minimum atomic E-state index is -0.0720. The van der Waals surface area contributed by atoms with Crippen molar-refractivity contribution in [3.63, 3.8) is 0 Å². The van der Waals surface area contributed by atoms with E-state index >= 15 is 0 Å². The summed E-state index contributed by atoms with van der Waals surface area (Å²) in [5.41, 5.74) is -0.0720. The molecule has 7 heteroatoms. The van der Waals surface area contributed by atoms with Gasteiger partial charge in [-0.15, -0.1) is 17.5 Å². The van der Waals surface area contributed by atoms with Crippen LogP contribution >= 0.6 is 12.4 Å². The standard InChI is InChI=1S/C14H28N6.ClH/c1-6-7-12(19-10-8-18(5)9-11-19)13-15-16-17-20(13)14(2,3)4;/h12H,6-11H2,1-5H3;1H. The van der Waals surface area contributed by atoms with Crippen molar-refractivity contribution in [2.45, 2.75) is 52.1 Å². The molecule has 1 aliphatic heterocycles. The van der Waals surface area contributed by atoms with Crippen LogP contribution in [0.4, 0.5) is 0 Å². The Morgan fingerprint density at radius 2 is 1.76 bits per heavy atom. The normalized spacial score (nSPS) is 19.3. The Labute approximate surface area is 134 Å². The molecule has 0 radical (unpaired) electrons. The van der Waals surface area contributed by atoms with E-state index < -0.39 is 0 Å². The Morgan fingerprint density at radius 3 is 2.29 bits per heavy atom. The lowest BCUT2D eigenvalue weighted by Gasteiger charge is -2.38. The molecular weight excluding hydrogens is 288 g/mol. The van der Waals surface area contributed by atoms with Gasteiger partial charge in [0.25, 0.3) is 0 Å². The Morgan fingerprint density at radius 1 is 1.14 bits per heavy atom. The first-order valence-corrected chi connectivity index (χ1v) is 7.65. The van der Waals surface area contributed by atoms with Gasteiger partial charge in [0.15, 0.2) is 5.82 Å². The molecule has 1 saturated heterocycles. The highest BCUT2D eigenvalue weighted by Crippen LogP contribution is 2.27.